The first-order valence-corrected chi connectivity index (χ1v) is 8.98. The average Bonchev–Trinajstić information content (AvgIpc) is 2.69. The molecule has 0 saturated carbocycles. The van der Waals surface area contributed by atoms with Crippen LogP contribution in [-0.2, 0) is 24.1 Å². The Morgan fingerprint density at radius 3 is 2.37 bits per heavy atom. The summed E-state index contributed by atoms with van der Waals surface area (Å²) >= 11 is 0. The normalized spacial score (nSPS) is 11.4. The molecule has 0 radical (unpaired) electrons. The molecule has 0 spiro atoms. The summed E-state index contributed by atoms with van der Waals surface area (Å²) in [5, 5.41) is 8.35. The fourth-order valence-corrected chi connectivity index (χ4v) is 2.48. The molecule has 0 aliphatic rings. The molecule has 0 aliphatic carbocycles. The van der Waals surface area contributed by atoms with Crippen LogP contribution in [0.5, 0.6) is 0 Å². The van der Waals surface area contributed by atoms with Gasteiger partial charge in [0.2, 0.25) is 5.91 Å². The Kier molecular flexibility index (Phi) is 10.6. The molecule has 0 fully saturated rings. The van der Waals surface area contributed by atoms with Gasteiger partial charge in [0.05, 0.1) is 18.7 Å². The van der Waals surface area contributed by atoms with Crippen molar-refractivity contribution in [3.8, 4) is 0 Å². The Labute approximate surface area is 189 Å². The molecule has 0 saturated heterocycles. The van der Waals surface area contributed by atoms with Crippen molar-refractivity contribution in [2.24, 2.45) is 4.99 Å². The zero-order chi connectivity index (χ0) is 21.3. The Morgan fingerprint density at radius 1 is 1.03 bits per heavy atom. The molecule has 3 N–H and O–H groups in total. The van der Waals surface area contributed by atoms with Crippen molar-refractivity contribution >= 4 is 35.8 Å². The van der Waals surface area contributed by atoms with Crippen LogP contribution in [0.15, 0.2) is 53.5 Å². The van der Waals surface area contributed by atoms with Crippen LogP contribution in [0.2, 0.25) is 0 Å². The third-order valence-electron chi connectivity index (χ3n) is 3.88. The molecule has 30 heavy (non-hydrogen) atoms. The van der Waals surface area contributed by atoms with Crippen LogP contribution >= 0.6 is 24.0 Å². The molecule has 10 heteroatoms. The van der Waals surface area contributed by atoms with Gasteiger partial charge >= 0.3 is 6.18 Å². The number of amides is 1. The lowest BCUT2D eigenvalue weighted by molar-refractivity contribution is -0.138. The fraction of sp³-hybridized carbons (Fsp3) is 0.300. The van der Waals surface area contributed by atoms with Crippen LogP contribution in [0.25, 0.3) is 0 Å². The summed E-state index contributed by atoms with van der Waals surface area (Å²) in [5.41, 5.74) is -0.292. The van der Waals surface area contributed by atoms with Crippen molar-refractivity contribution in [1.82, 2.24) is 16.0 Å². The Hall–Kier alpha value is -2.37. The summed E-state index contributed by atoms with van der Waals surface area (Å²) in [6, 6.07) is 11.8. The predicted octanol–water partition coefficient (Wildman–Crippen LogP) is 3.83. The van der Waals surface area contributed by atoms with E-state index in [4.69, 9.17) is 0 Å². The molecule has 2 aromatic carbocycles. The number of nitrogens with one attached hydrogen (secondary N) is 3. The van der Waals surface area contributed by atoms with Gasteiger partial charge in [-0.2, -0.15) is 13.2 Å². The average molecular weight is 538 g/mol. The molecule has 0 aliphatic heterocycles. The fourth-order valence-electron chi connectivity index (χ4n) is 2.48. The maximum Gasteiger partial charge on any atom is 0.416 e. The lowest BCUT2D eigenvalue weighted by atomic mass is 10.1. The lowest BCUT2D eigenvalue weighted by Crippen LogP contribution is -2.43. The maximum atomic E-state index is 13.2. The number of halogens is 5. The molecular formula is C20H23F4IN4O. The van der Waals surface area contributed by atoms with Crippen LogP contribution in [0, 0.1) is 5.82 Å². The third kappa shape index (κ3) is 8.56. The second-order valence-corrected chi connectivity index (χ2v) is 6.11. The van der Waals surface area contributed by atoms with Gasteiger partial charge in [-0.3, -0.25) is 4.79 Å². The molecule has 164 valence electrons. The lowest BCUT2D eigenvalue weighted by Gasteiger charge is -2.14. The highest BCUT2D eigenvalue weighted by molar-refractivity contribution is 14.0. The van der Waals surface area contributed by atoms with Crippen molar-refractivity contribution < 1.29 is 22.4 Å². The topological polar surface area (TPSA) is 65.5 Å². The van der Waals surface area contributed by atoms with Crippen LogP contribution in [0.1, 0.15) is 23.6 Å². The monoisotopic (exact) mass is 538 g/mol. The van der Waals surface area contributed by atoms with E-state index in [1.54, 1.807) is 6.92 Å². The molecule has 0 atom stereocenters. The highest BCUT2D eigenvalue weighted by atomic mass is 127. The maximum absolute atomic E-state index is 13.2. The molecule has 0 aromatic heterocycles. The zero-order valence-corrected chi connectivity index (χ0v) is 18.6. The quantitative estimate of drug-likeness (QED) is 0.218. The van der Waals surface area contributed by atoms with E-state index in [-0.39, 0.29) is 54.5 Å². The molecular weight excluding hydrogens is 515 g/mol. The van der Waals surface area contributed by atoms with E-state index >= 15 is 0 Å². The smallest absolute Gasteiger partial charge is 0.357 e. The molecule has 0 bridgehead atoms. The Morgan fingerprint density at radius 2 is 1.73 bits per heavy atom. The Balaban J connectivity index is 0.00000450. The summed E-state index contributed by atoms with van der Waals surface area (Å²) in [6.45, 7) is 2.17. The number of guanidine groups is 1. The van der Waals surface area contributed by atoms with Crippen molar-refractivity contribution in [2.75, 3.05) is 13.1 Å². The first kappa shape index (κ1) is 25.7. The van der Waals surface area contributed by atoms with Crippen LogP contribution in [-0.4, -0.2) is 25.0 Å². The SMILES string of the molecule is CCNC(=NCc1ccc(F)cc1C(F)(F)F)NCC(=O)NCc1ccccc1.I. The minimum atomic E-state index is -4.68. The van der Waals surface area contributed by atoms with E-state index in [2.05, 4.69) is 20.9 Å². The molecule has 5 nitrogen and oxygen atoms in total. The van der Waals surface area contributed by atoms with E-state index in [1.165, 1.54) is 0 Å². The van der Waals surface area contributed by atoms with Gasteiger partial charge in [0.15, 0.2) is 5.96 Å². The van der Waals surface area contributed by atoms with Gasteiger partial charge in [-0.05, 0) is 30.2 Å². The van der Waals surface area contributed by atoms with Crippen molar-refractivity contribution in [3.05, 3.63) is 71.0 Å². The second kappa shape index (κ2) is 12.4. The largest absolute Gasteiger partial charge is 0.416 e. The van der Waals surface area contributed by atoms with Crippen molar-refractivity contribution in [3.63, 3.8) is 0 Å². The highest BCUT2D eigenvalue weighted by Crippen LogP contribution is 2.32. The molecule has 0 heterocycles. The predicted molar refractivity (Wildman–Crippen MR) is 118 cm³/mol. The molecule has 0 unspecified atom stereocenters. The van der Waals surface area contributed by atoms with Crippen LogP contribution in [0.3, 0.4) is 0 Å². The number of carbonyl (C=O) groups excluding carboxylic acids is 1. The van der Waals surface area contributed by atoms with E-state index in [9.17, 15) is 22.4 Å². The summed E-state index contributed by atoms with van der Waals surface area (Å²) in [5.74, 6) is -1.08. The van der Waals surface area contributed by atoms with Gasteiger partial charge in [0, 0.05) is 13.1 Å². The van der Waals surface area contributed by atoms with E-state index < -0.39 is 17.6 Å². The van der Waals surface area contributed by atoms with E-state index in [1.807, 2.05) is 30.3 Å². The molecule has 1 amide bonds. The first-order chi connectivity index (χ1) is 13.8. The number of hydrogen-bond acceptors (Lipinski definition) is 2. The van der Waals surface area contributed by atoms with Gasteiger partial charge in [-0.25, -0.2) is 9.38 Å². The number of hydrogen-bond donors (Lipinski definition) is 3. The standard InChI is InChI=1S/C20H22F4N4O.HI/c1-2-25-19(28-13-18(29)26-11-14-6-4-3-5-7-14)27-12-15-8-9-16(21)10-17(15)20(22,23)24;/h3-10H,2,11-13H2,1H3,(H,26,29)(H2,25,27,28);1H. The summed E-state index contributed by atoms with van der Waals surface area (Å²) in [6.07, 6.45) is -4.68. The van der Waals surface area contributed by atoms with Gasteiger partial charge in [0.25, 0.3) is 0 Å². The Bertz CT molecular complexity index is 844. The van der Waals surface area contributed by atoms with Gasteiger partial charge in [-0.15, -0.1) is 24.0 Å². The summed E-state index contributed by atoms with van der Waals surface area (Å²) in [7, 11) is 0. The van der Waals surface area contributed by atoms with Gasteiger partial charge in [-0.1, -0.05) is 36.4 Å². The highest BCUT2D eigenvalue weighted by Gasteiger charge is 2.33. The van der Waals surface area contributed by atoms with Gasteiger partial charge < -0.3 is 16.0 Å². The van der Waals surface area contributed by atoms with Gasteiger partial charge in [0.1, 0.15) is 5.82 Å². The van der Waals surface area contributed by atoms with Crippen LogP contribution < -0.4 is 16.0 Å². The number of carbonyl (C=O) groups is 1. The second-order valence-electron chi connectivity index (χ2n) is 6.11. The third-order valence-corrected chi connectivity index (χ3v) is 3.88. The zero-order valence-electron chi connectivity index (χ0n) is 16.2. The van der Waals surface area contributed by atoms with Crippen molar-refractivity contribution in [1.29, 1.82) is 0 Å². The summed E-state index contributed by atoms with van der Waals surface area (Å²) in [4.78, 5) is 16.0. The number of nitrogens with zero attached hydrogens (tertiary/aromatic N) is 1. The minimum absolute atomic E-state index is 0. The molecule has 2 rings (SSSR count). The molecule has 2 aromatic rings. The number of benzene rings is 2. The van der Waals surface area contributed by atoms with Crippen molar-refractivity contribution in [2.45, 2.75) is 26.2 Å². The van der Waals surface area contributed by atoms with E-state index in [0.717, 1.165) is 17.7 Å². The first-order valence-electron chi connectivity index (χ1n) is 8.98. The minimum Gasteiger partial charge on any atom is -0.357 e. The van der Waals surface area contributed by atoms with E-state index in [0.29, 0.717) is 19.2 Å². The number of alkyl halides is 3. The van der Waals surface area contributed by atoms with Crippen LogP contribution in [0.4, 0.5) is 17.6 Å². The number of aliphatic imine (C=N–C) groups is 1. The number of rotatable bonds is 7. The summed E-state index contributed by atoms with van der Waals surface area (Å²) < 4.78 is 52.4.